The summed E-state index contributed by atoms with van der Waals surface area (Å²) < 4.78 is 5.66. The van der Waals surface area contributed by atoms with Crippen LogP contribution in [0.15, 0.2) is 18.3 Å². The highest BCUT2D eigenvalue weighted by Crippen LogP contribution is 2.29. The van der Waals surface area contributed by atoms with Gasteiger partial charge in [-0.15, -0.1) is 0 Å². The Morgan fingerprint density at radius 1 is 1.56 bits per heavy atom. The van der Waals surface area contributed by atoms with Gasteiger partial charge in [0, 0.05) is 11.5 Å². The van der Waals surface area contributed by atoms with Gasteiger partial charge >= 0.3 is 6.09 Å². The standard InChI is InChI=1S/C11H12N4O3/c12-8-1-6-3-13-14-9(6)2-10(8)18-7-4-15(5-7)11(16)17/h1-3,7H,4-5,12H2,(H,13,14)(H,16,17). The van der Waals surface area contributed by atoms with Crippen LogP contribution in [0.2, 0.25) is 0 Å². The summed E-state index contributed by atoms with van der Waals surface area (Å²) >= 11 is 0. The summed E-state index contributed by atoms with van der Waals surface area (Å²) in [5, 5.41) is 16.4. The van der Waals surface area contributed by atoms with Gasteiger partial charge < -0.3 is 20.5 Å². The first-order valence-corrected chi connectivity index (χ1v) is 5.50. The van der Waals surface area contributed by atoms with Crippen molar-refractivity contribution in [1.82, 2.24) is 15.1 Å². The quantitative estimate of drug-likeness (QED) is 0.684. The van der Waals surface area contributed by atoms with Crippen molar-refractivity contribution >= 4 is 22.7 Å². The Kier molecular flexibility index (Phi) is 2.26. The largest absolute Gasteiger partial charge is 0.484 e. The molecule has 2 aromatic rings. The summed E-state index contributed by atoms with van der Waals surface area (Å²) in [6, 6.07) is 3.56. The van der Waals surface area contributed by atoms with E-state index < -0.39 is 6.09 Å². The normalized spacial score (nSPS) is 15.7. The summed E-state index contributed by atoms with van der Waals surface area (Å²) in [7, 11) is 0. The summed E-state index contributed by atoms with van der Waals surface area (Å²) in [6.07, 6.45) is 0.626. The molecule has 0 atom stereocenters. The lowest BCUT2D eigenvalue weighted by Gasteiger charge is -2.36. The van der Waals surface area contributed by atoms with E-state index in [4.69, 9.17) is 15.6 Å². The second kappa shape index (κ2) is 3.80. The van der Waals surface area contributed by atoms with Crippen LogP contribution in [0.5, 0.6) is 5.75 Å². The Morgan fingerprint density at radius 3 is 3.06 bits per heavy atom. The van der Waals surface area contributed by atoms with Crippen LogP contribution in [0.25, 0.3) is 10.9 Å². The molecule has 2 heterocycles. The van der Waals surface area contributed by atoms with Crippen LogP contribution < -0.4 is 10.5 Å². The molecule has 4 N–H and O–H groups in total. The van der Waals surface area contributed by atoms with Crippen LogP contribution in [-0.2, 0) is 0 Å². The summed E-state index contributed by atoms with van der Waals surface area (Å²) in [4.78, 5) is 11.9. The number of hydrogen-bond acceptors (Lipinski definition) is 4. The number of rotatable bonds is 2. The van der Waals surface area contributed by atoms with Crippen molar-refractivity contribution in [2.45, 2.75) is 6.10 Å². The molecule has 1 aromatic carbocycles. The number of hydrogen-bond donors (Lipinski definition) is 3. The summed E-state index contributed by atoms with van der Waals surface area (Å²) in [5.41, 5.74) is 7.24. The van der Waals surface area contributed by atoms with Crippen LogP contribution in [0.4, 0.5) is 10.5 Å². The predicted octanol–water partition coefficient (Wildman–Crippen LogP) is 0.886. The number of nitrogens with zero attached hydrogens (tertiary/aromatic N) is 2. The first kappa shape index (κ1) is 10.7. The molecule has 1 fully saturated rings. The van der Waals surface area contributed by atoms with E-state index in [-0.39, 0.29) is 6.10 Å². The average Bonchev–Trinajstić information content (AvgIpc) is 2.68. The van der Waals surface area contributed by atoms with Gasteiger partial charge in [-0.2, -0.15) is 5.10 Å². The Bertz CT molecular complexity index is 603. The van der Waals surface area contributed by atoms with Crippen molar-refractivity contribution in [3.8, 4) is 5.75 Å². The number of anilines is 1. The van der Waals surface area contributed by atoms with Gasteiger partial charge in [-0.05, 0) is 6.07 Å². The van der Waals surface area contributed by atoms with Gasteiger partial charge in [0.05, 0.1) is 30.5 Å². The number of aromatic nitrogens is 2. The molecule has 7 heteroatoms. The first-order valence-electron chi connectivity index (χ1n) is 5.50. The molecule has 0 unspecified atom stereocenters. The highest BCUT2D eigenvalue weighted by atomic mass is 16.5. The third-order valence-electron chi connectivity index (χ3n) is 2.98. The van der Waals surface area contributed by atoms with Crippen LogP contribution in [0, 0.1) is 0 Å². The fourth-order valence-electron chi connectivity index (χ4n) is 1.94. The number of ether oxygens (including phenoxy) is 1. The number of nitrogens with two attached hydrogens (primary N) is 1. The maximum atomic E-state index is 10.6. The Hall–Kier alpha value is -2.44. The maximum Gasteiger partial charge on any atom is 0.407 e. The summed E-state index contributed by atoms with van der Waals surface area (Å²) in [6.45, 7) is 0.742. The Balaban J connectivity index is 1.75. The molecule has 0 bridgehead atoms. The number of amides is 1. The minimum atomic E-state index is -0.924. The third kappa shape index (κ3) is 1.69. The fraction of sp³-hybridized carbons (Fsp3) is 0.273. The van der Waals surface area contributed by atoms with Crippen LogP contribution >= 0.6 is 0 Å². The molecule has 3 rings (SSSR count). The zero-order valence-electron chi connectivity index (χ0n) is 9.46. The molecule has 1 saturated heterocycles. The van der Waals surface area contributed by atoms with Crippen molar-refractivity contribution in [2.24, 2.45) is 0 Å². The topological polar surface area (TPSA) is 104 Å². The van der Waals surface area contributed by atoms with Gasteiger partial charge in [0.25, 0.3) is 0 Å². The zero-order chi connectivity index (χ0) is 12.7. The summed E-state index contributed by atoms with van der Waals surface area (Å²) in [5.74, 6) is 0.557. The van der Waals surface area contributed by atoms with Gasteiger partial charge in [-0.25, -0.2) is 4.79 Å². The van der Waals surface area contributed by atoms with E-state index in [0.717, 1.165) is 10.9 Å². The van der Waals surface area contributed by atoms with E-state index in [0.29, 0.717) is 24.5 Å². The van der Waals surface area contributed by atoms with Crippen LogP contribution in [-0.4, -0.2) is 45.5 Å². The number of H-pyrrole nitrogens is 1. The van der Waals surface area contributed by atoms with E-state index in [1.807, 2.05) is 0 Å². The maximum absolute atomic E-state index is 10.6. The van der Waals surface area contributed by atoms with E-state index in [2.05, 4.69) is 10.2 Å². The second-order valence-electron chi connectivity index (χ2n) is 4.27. The van der Waals surface area contributed by atoms with E-state index in [1.165, 1.54) is 4.90 Å². The fourth-order valence-corrected chi connectivity index (χ4v) is 1.94. The number of aromatic amines is 1. The third-order valence-corrected chi connectivity index (χ3v) is 2.98. The molecule has 1 aliphatic rings. The van der Waals surface area contributed by atoms with Crippen LogP contribution in [0.1, 0.15) is 0 Å². The Labute approximate surface area is 102 Å². The van der Waals surface area contributed by atoms with Crippen molar-refractivity contribution in [3.05, 3.63) is 18.3 Å². The molecular formula is C11H12N4O3. The minimum absolute atomic E-state index is 0.135. The number of nitrogen functional groups attached to an aromatic ring is 1. The lowest BCUT2D eigenvalue weighted by atomic mass is 10.1. The number of carbonyl (C=O) groups is 1. The number of likely N-dealkylation sites (tertiary alicyclic amines) is 1. The molecule has 7 nitrogen and oxygen atoms in total. The van der Waals surface area contributed by atoms with Crippen molar-refractivity contribution in [3.63, 3.8) is 0 Å². The smallest absolute Gasteiger partial charge is 0.407 e. The van der Waals surface area contributed by atoms with Crippen molar-refractivity contribution in [2.75, 3.05) is 18.8 Å². The lowest BCUT2D eigenvalue weighted by Crippen LogP contribution is -2.55. The van der Waals surface area contributed by atoms with Gasteiger partial charge in [0.15, 0.2) is 0 Å². The Morgan fingerprint density at radius 2 is 2.33 bits per heavy atom. The molecule has 18 heavy (non-hydrogen) atoms. The molecule has 0 aliphatic carbocycles. The minimum Gasteiger partial charge on any atom is -0.484 e. The van der Waals surface area contributed by atoms with E-state index in [9.17, 15) is 4.79 Å². The molecular weight excluding hydrogens is 236 g/mol. The second-order valence-corrected chi connectivity index (χ2v) is 4.27. The number of fused-ring (bicyclic) bond motifs is 1. The van der Waals surface area contributed by atoms with E-state index >= 15 is 0 Å². The number of nitrogens with one attached hydrogen (secondary N) is 1. The van der Waals surface area contributed by atoms with Gasteiger partial charge in [0.2, 0.25) is 0 Å². The molecule has 1 amide bonds. The van der Waals surface area contributed by atoms with Gasteiger partial charge in [-0.3, -0.25) is 5.10 Å². The monoisotopic (exact) mass is 248 g/mol. The highest BCUT2D eigenvalue weighted by Gasteiger charge is 2.32. The van der Waals surface area contributed by atoms with E-state index in [1.54, 1.807) is 18.3 Å². The lowest BCUT2D eigenvalue weighted by molar-refractivity contribution is 0.0257. The van der Waals surface area contributed by atoms with Crippen molar-refractivity contribution < 1.29 is 14.6 Å². The molecule has 1 aromatic heterocycles. The molecule has 94 valence electrons. The van der Waals surface area contributed by atoms with Crippen LogP contribution in [0.3, 0.4) is 0 Å². The van der Waals surface area contributed by atoms with Crippen molar-refractivity contribution in [1.29, 1.82) is 0 Å². The first-order chi connectivity index (χ1) is 8.63. The highest BCUT2D eigenvalue weighted by molar-refractivity contribution is 5.84. The molecule has 1 aliphatic heterocycles. The number of benzene rings is 1. The molecule has 0 saturated carbocycles. The van der Waals surface area contributed by atoms with Gasteiger partial charge in [-0.1, -0.05) is 0 Å². The predicted molar refractivity (Wildman–Crippen MR) is 64.5 cm³/mol. The number of carboxylic acid groups (broad SMARTS) is 1. The SMILES string of the molecule is Nc1cc2cn[nH]c2cc1OC1CN(C(=O)O)C1. The molecule has 0 spiro atoms. The zero-order valence-corrected chi connectivity index (χ0v) is 9.46. The average molecular weight is 248 g/mol. The van der Waals surface area contributed by atoms with Gasteiger partial charge in [0.1, 0.15) is 11.9 Å². The molecule has 0 radical (unpaired) electrons.